The zero-order valence-corrected chi connectivity index (χ0v) is 21.2. The highest BCUT2D eigenvalue weighted by Crippen LogP contribution is 2.34. The van der Waals surface area contributed by atoms with Crippen molar-refractivity contribution >= 4 is 55.0 Å². The Hall–Kier alpha value is -2.84. The fourth-order valence-electron chi connectivity index (χ4n) is 3.89. The minimum Gasteiger partial charge on any atom is -0.495 e. The van der Waals surface area contributed by atoms with Crippen molar-refractivity contribution in [2.45, 2.75) is 0 Å². The van der Waals surface area contributed by atoms with Gasteiger partial charge in [0.05, 0.1) is 28.5 Å². The molecule has 1 aliphatic rings. The van der Waals surface area contributed by atoms with E-state index >= 15 is 0 Å². The number of halogens is 2. The maximum atomic E-state index is 13.1. The third-order valence-corrected chi connectivity index (χ3v) is 6.58. The molecule has 8 heteroatoms. The molecule has 1 aliphatic heterocycles. The molecule has 1 fully saturated rings. The average Bonchev–Trinajstić information content (AvgIpc) is 2.84. The number of hydrogen-bond donors (Lipinski definition) is 1. The summed E-state index contributed by atoms with van der Waals surface area (Å²) in [5, 5.41) is 3.03. The van der Waals surface area contributed by atoms with Crippen LogP contribution in [0.1, 0.15) is 20.7 Å². The van der Waals surface area contributed by atoms with E-state index in [0.717, 1.165) is 10.2 Å². The molecular formula is C25H23Br2N3O3. The van der Waals surface area contributed by atoms with E-state index in [1.54, 1.807) is 6.07 Å². The Kier molecular flexibility index (Phi) is 7.35. The number of nitrogens with one attached hydrogen (secondary N) is 1. The summed E-state index contributed by atoms with van der Waals surface area (Å²) < 4.78 is 6.89. The zero-order valence-electron chi connectivity index (χ0n) is 18.1. The van der Waals surface area contributed by atoms with Crippen molar-refractivity contribution in [3.8, 4) is 5.75 Å². The largest absolute Gasteiger partial charge is 0.495 e. The number of ether oxygens (including phenoxy) is 1. The molecule has 4 rings (SSSR count). The second-order valence-corrected chi connectivity index (χ2v) is 9.35. The Morgan fingerprint density at radius 3 is 2.27 bits per heavy atom. The van der Waals surface area contributed by atoms with Gasteiger partial charge in [-0.05, 0) is 52.3 Å². The summed E-state index contributed by atoms with van der Waals surface area (Å²) >= 11 is 6.88. The van der Waals surface area contributed by atoms with E-state index in [4.69, 9.17) is 4.74 Å². The minimum atomic E-state index is -0.265. The molecule has 3 aromatic carbocycles. The van der Waals surface area contributed by atoms with Gasteiger partial charge in [0.15, 0.2) is 0 Å². The van der Waals surface area contributed by atoms with Crippen LogP contribution in [0.5, 0.6) is 5.75 Å². The zero-order chi connectivity index (χ0) is 23.4. The van der Waals surface area contributed by atoms with E-state index in [-0.39, 0.29) is 11.8 Å². The van der Waals surface area contributed by atoms with Crippen molar-refractivity contribution in [1.82, 2.24) is 4.90 Å². The Morgan fingerprint density at radius 2 is 1.58 bits per heavy atom. The van der Waals surface area contributed by atoms with Crippen LogP contribution >= 0.6 is 31.9 Å². The number of hydrogen-bond acceptors (Lipinski definition) is 4. The maximum Gasteiger partial charge on any atom is 0.259 e. The molecule has 0 saturated carbocycles. The molecule has 1 saturated heterocycles. The molecule has 0 aliphatic carbocycles. The van der Waals surface area contributed by atoms with Crippen LogP contribution in [-0.4, -0.2) is 50.0 Å². The number of anilines is 2. The van der Waals surface area contributed by atoms with Crippen LogP contribution in [0.3, 0.4) is 0 Å². The topological polar surface area (TPSA) is 61.9 Å². The van der Waals surface area contributed by atoms with Crippen molar-refractivity contribution in [3.05, 3.63) is 86.8 Å². The summed E-state index contributed by atoms with van der Waals surface area (Å²) in [5.74, 6) is 0.254. The molecule has 33 heavy (non-hydrogen) atoms. The molecule has 3 aromatic rings. The van der Waals surface area contributed by atoms with Gasteiger partial charge in [-0.3, -0.25) is 9.59 Å². The molecular weight excluding hydrogens is 550 g/mol. The molecule has 1 heterocycles. The monoisotopic (exact) mass is 571 g/mol. The van der Waals surface area contributed by atoms with Crippen molar-refractivity contribution in [3.63, 3.8) is 0 Å². The first-order valence-electron chi connectivity index (χ1n) is 10.5. The molecule has 0 atom stereocenters. The smallest absolute Gasteiger partial charge is 0.259 e. The fourth-order valence-corrected chi connectivity index (χ4v) is 5.28. The number of benzene rings is 3. The third kappa shape index (κ3) is 5.23. The number of methoxy groups -OCH3 is 1. The molecule has 0 unspecified atom stereocenters. The summed E-state index contributed by atoms with van der Waals surface area (Å²) in [6.45, 7) is 2.58. The molecule has 6 nitrogen and oxygen atoms in total. The van der Waals surface area contributed by atoms with Gasteiger partial charge in [0.1, 0.15) is 5.75 Å². The highest BCUT2D eigenvalue weighted by Gasteiger charge is 2.24. The minimum absolute atomic E-state index is 0.0455. The van der Waals surface area contributed by atoms with E-state index in [1.807, 2.05) is 65.6 Å². The summed E-state index contributed by atoms with van der Waals surface area (Å²) in [4.78, 5) is 30.0. The van der Waals surface area contributed by atoms with Gasteiger partial charge in [0, 0.05) is 36.2 Å². The van der Waals surface area contributed by atoms with E-state index < -0.39 is 0 Å². The lowest BCUT2D eigenvalue weighted by molar-refractivity contribution is 0.0746. The number of rotatable bonds is 5. The molecule has 2 amide bonds. The van der Waals surface area contributed by atoms with Gasteiger partial charge in [-0.2, -0.15) is 0 Å². The Bertz CT molecular complexity index is 1160. The van der Waals surface area contributed by atoms with Crippen molar-refractivity contribution in [2.75, 3.05) is 43.5 Å². The predicted molar refractivity (Wildman–Crippen MR) is 137 cm³/mol. The SMILES string of the molecule is COc1c(Br)cc(Br)cc1C(=O)Nc1ccccc1N1CCN(C(=O)c2ccccc2)CC1. The average molecular weight is 573 g/mol. The van der Waals surface area contributed by atoms with E-state index in [0.29, 0.717) is 53.2 Å². The second-order valence-electron chi connectivity index (χ2n) is 7.58. The second kappa shape index (κ2) is 10.4. The van der Waals surface area contributed by atoms with Gasteiger partial charge in [0.2, 0.25) is 0 Å². The number of para-hydroxylation sites is 2. The predicted octanol–water partition coefficient (Wildman–Crippen LogP) is 5.43. The van der Waals surface area contributed by atoms with Gasteiger partial charge < -0.3 is 19.9 Å². The number of carbonyl (C=O) groups is 2. The molecule has 0 bridgehead atoms. The highest BCUT2D eigenvalue weighted by molar-refractivity contribution is 9.11. The van der Waals surface area contributed by atoms with Gasteiger partial charge in [0.25, 0.3) is 11.8 Å². The summed E-state index contributed by atoms with van der Waals surface area (Å²) in [5.41, 5.74) is 2.76. The Labute approximate surface area is 209 Å². The standard InChI is InChI=1S/C25H23Br2N3O3/c1-33-23-19(15-18(26)16-20(23)27)24(31)28-21-9-5-6-10-22(21)29-11-13-30(14-12-29)25(32)17-7-3-2-4-8-17/h2-10,15-16H,11-14H2,1H3,(H,28,31). The molecule has 1 N–H and O–H groups in total. The molecule has 170 valence electrons. The van der Waals surface area contributed by atoms with Crippen LogP contribution in [0.25, 0.3) is 0 Å². The first-order chi connectivity index (χ1) is 16.0. The molecule has 0 radical (unpaired) electrons. The van der Waals surface area contributed by atoms with Crippen molar-refractivity contribution in [1.29, 1.82) is 0 Å². The van der Waals surface area contributed by atoms with Crippen molar-refractivity contribution < 1.29 is 14.3 Å². The number of amides is 2. The van der Waals surface area contributed by atoms with Gasteiger partial charge in [-0.25, -0.2) is 0 Å². The quantitative estimate of drug-likeness (QED) is 0.442. The van der Waals surface area contributed by atoms with E-state index in [1.165, 1.54) is 7.11 Å². The van der Waals surface area contributed by atoms with E-state index in [2.05, 4.69) is 42.1 Å². The maximum absolute atomic E-state index is 13.1. The van der Waals surface area contributed by atoms with Crippen LogP contribution in [0.2, 0.25) is 0 Å². The lowest BCUT2D eigenvalue weighted by Crippen LogP contribution is -2.49. The lowest BCUT2D eigenvalue weighted by atomic mass is 10.1. The first kappa shape index (κ1) is 23.3. The number of carbonyl (C=O) groups excluding carboxylic acids is 2. The number of piperazine rings is 1. The van der Waals surface area contributed by atoms with Crippen LogP contribution in [0, 0.1) is 0 Å². The summed E-state index contributed by atoms with van der Waals surface area (Å²) in [7, 11) is 1.54. The third-order valence-electron chi connectivity index (χ3n) is 5.54. The summed E-state index contributed by atoms with van der Waals surface area (Å²) in [6, 6.07) is 20.6. The van der Waals surface area contributed by atoms with Gasteiger partial charge >= 0.3 is 0 Å². The highest BCUT2D eigenvalue weighted by atomic mass is 79.9. The van der Waals surface area contributed by atoms with Crippen LogP contribution < -0.4 is 15.0 Å². The first-order valence-corrected chi connectivity index (χ1v) is 12.1. The normalized spacial score (nSPS) is 13.5. The van der Waals surface area contributed by atoms with Crippen LogP contribution in [-0.2, 0) is 0 Å². The van der Waals surface area contributed by atoms with E-state index in [9.17, 15) is 9.59 Å². The van der Waals surface area contributed by atoms with Crippen molar-refractivity contribution in [2.24, 2.45) is 0 Å². The van der Waals surface area contributed by atoms with Gasteiger partial charge in [-0.1, -0.05) is 46.3 Å². The molecule has 0 aromatic heterocycles. The molecule has 0 spiro atoms. The summed E-state index contributed by atoms with van der Waals surface area (Å²) in [6.07, 6.45) is 0. The Balaban J connectivity index is 1.49. The van der Waals surface area contributed by atoms with Gasteiger partial charge in [-0.15, -0.1) is 0 Å². The Morgan fingerprint density at radius 1 is 0.909 bits per heavy atom. The lowest BCUT2D eigenvalue weighted by Gasteiger charge is -2.37. The number of nitrogens with zero attached hydrogens (tertiary/aromatic N) is 2. The van der Waals surface area contributed by atoms with Crippen LogP contribution in [0.4, 0.5) is 11.4 Å². The van der Waals surface area contributed by atoms with Crippen LogP contribution in [0.15, 0.2) is 75.7 Å². The fraction of sp³-hybridized carbons (Fsp3) is 0.200.